The largest absolute Gasteiger partial charge is 0.346 e. The molecular formula is C33H44N4O. The van der Waals surface area contributed by atoms with Gasteiger partial charge in [0, 0.05) is 43.8 Å². The van der Waals surface area contributed by atoms with Gasteiger partial charge in [0.2, 0.25) is 0 Å². The zero-order valence-corrected chi connectivity index (χ0v) is 23.5. The van der Waals surface area contributed by atoms with Crippen LogP contribution in [0.25, 0.3) is 17.0 Å². The van der Waals surface area contributed by atoms with Crippen molar-refractivity contribution in [2.24, 2.45) is 5.73 Å². The Bertz CT molecular complexity index is 1300. The fourth-order valence-electron chi connectivity index (χ4n) is 6.69. The number of hydrogen-bond donors (Lipinski definition) is 1. The van der Waals surface area contributed by atoms with E-state index in [0.717, 1.165) is 49.8 Å². The molecule has 0 aliphatic carbocycles. The van der Waals surface area contributed by atoms with Crippen molar-refractivity contribution in [3.05, 3.63) is 76.5 Å². The molecule has 1 amide bonds. The lowest BCUT2D eigenvalue weighted by atomic mass is 9.85. The molecule has 5 nitrogen and oxygen atoms in total. The maximum absolute atomic E-state index is 13.9. The Morgan fingerprint density at radius 3 is 2.63 bits per heavy atom. The molecule has 0 radical (unpaired) electrons. The predicted molar refractivity (Wildman–Crippen MR) is 158 cm³/mol. The van der Waals surface area contributed by atoms with Gasteiger partial charge in [-0.15, -0.1) is 0 Å². The van der Waals surface area contributed by atoms with Crippen LogP contribution in [0.2, 0.25) is 0 Å². The lowest BCUT2D eigenvalue weighted by Gasteiger charge is -2.33. The molecule has 2 aliphatic rings. The number of nitrogens with two attached hydrogens (primary N) is 1. The number of carbonyl (C=O) groups is 1. The van der Waals surface area contributed by atoms with Gasteiger partial charge in [-0.2, -0.15) is 0 Å². The van der Waals surface area contributed by atoms with E-state index in [9.17, 15) is 4.79 Å². The fourth-order valence-corrected chi connectivity index (χ4v) is 6.69. The van der Waals surface area contributed by atoms with Gasteiger partial charge in [0.25, 0.3) is 5.91 Å². The van der Waals surface area contributed by atoms with Crippen LogP contribution in [-0.4, -0.2) is 53.0 Å². The maximum atomic E-state index is 13.9. The van der Waals surface area contributed by atoms with Gasteiger partial charge in [0.1, 0.15) is 0 Å². The minimum atomic E-state index is 0.178. The number of carbonyl (C=O) groups excluding carboxylic acids is 1. The van der Waals surface area contributed by atoms with Crippen molar-refractivity contribution in [2.45, 2.75) is 77.4 Å². The van der Waals surface area contributed by atoms with Gasteiger partial charge >= 0.3 is 0 Å². The van der Waals surface area contributed by atoms with Crippen molar-refractivity contribution in [3.8, 4) is 0 Å². The number of nitrogens with zero attached hydrogens (tertiary/aromatic N) is 3. The number of allylic oxidation sites excluding steroid dienone is 1. The number of likely N-dealkylation sites (tertiary alicyclic amines) is 2. The smallest absolute Gasteiger partial charge is 0.256 e. The summed E-state index contributed by atoms with van der Waals surface area (Å²) >= 11 is 0. The molecule has 3 aromatic rings. The van der Waals surface area contributed by atoms with Crippen LogP contribution in [-0.2, 0) is 13.1 Å². The van der Waals surface area contributed by atoms with E-state index in [1.807, 2.05) is 0 Å². The summed E-state index contributed by atoms with van der Waals surface area (Å²) in [5.74, 6) is 0.629. The van der Waals surface area contributed by atoms with Gasteiger partial charge < -0.3 is 20.1 Å². The summed E-state index contributed by atoms with van der Waals surface area (Å²) in [6, 6.07) is 13.6. The number of para-hydroxylation sites is 1. The van der Waals surface area contributed by atoms with Crippen molar-refractivity contribution >= 4 is 22.9 Å². The topological polar surface area (TPSA) is 54.5 Å². The first-order valence-corrected chi connectivity index (χ1v) is 14.5. The third kappa shape index (κ3) is 5.45. The molecule has 5 heteroatoms. The van der Waals surface area contributed by atoms with Gasteiger partial charge in [-0.25, -0.2) is 0 Å². The third-order valence-electron chi connectivity index (χ3n) is 8.91. The lowest BCUT2D eigenvalue weighted by Crippen LogP contribution is -2.38. The number of aryl methyl sites for hydroxylation is 2. The summed E-state index contributed by atoms with van der Waals surface area (Å²) < 4.78 is 2.36. The third-order valence-corrected chi connectivity index (χ3v) is 8.91. The Hall–Kier alpha value is -2.89. The fraction of sp³-hybridized carbons (Fsp3) is 0.485. The highest BCUT2D eigenvalue weighted by atomic mass is 16.2. The SMILES string of the molecule is C/C=C/c1ccc(CN)cc1C1CCN(C(=O)c2cn(CCC3CCCCN3C)c3c(C)cccc23)CC1. The second kappa shape index (κ2) is 11.9. The molecular weight excluding hydrogens is 468 g/mol. The molecule has 1 aromatic heterocycles. The molecule has 1 unspecified atom stereocenters. The van der Waals surface area contributed by atoms with Crippen molar-refractivity contribution in [2.75, 3.05) is 26.7 Å². The number of fused-ring (bicyclic) bond motifs is 1. The molecule has 2 aliphatic heterocycles. The van der Waals surface area contributed by atoms with Crippen LogP contribution in [0.3, 0.4) is 0 Å². The Balaban J connectivity index is 1.33. The van der Waals surface area contributed by atoms with Gasteiger partial charge in [0.15, 0.2) is 0 Å². The second-order valence-electron chi connectivity index (χ2n) is 11.4. The monoisotopic (exact) mass is 512 g/mol. The first kappa shape index (κ1) is 26.7. The van der Waals surface area contributed by atoms with E-state index < -0.39 is 0 Å². The standard InChI is InChI=1S/C33H44N4O/c1-4-8-26-13-12-25(22-34)21-30(26)27-14-18-36(19-15-27)33(38)31-23-37(32-24(2)9-7-11-29(31)32)20-16-28-10-5-6-17-35(28)3/h4,7-9,11-13,21,23,27-28H,5-6,10,14-20,22,34H2,1-3H3/b8-4+. The molecule has 2 saturated heterocycles. The van der Waals surface area contributed by atoms with Crippen LogP contribution >= 0.6 is 0 Å². The first-order valence-electron chi connectivity index (χ1n) is 14.5. The van der Waals surface area contributed by atoms with E-state index in [2.05, 4.69) is 90.0 Å². The van der Waals surface area contributed by atoms with E-state index in [0.29, 0.717) is 18.5 Å². The van der Waals surface area contributed by atoms with Crippen molar-refractivity contribution in [1.29, 1.82) is 0 Å². The van der Waals surface area contributed by atoms with Crippen LogP contribution in [0.15, 0.2) is 48.7 Å². The minimum Gasteiger partial charge on any atom is -0.346 e. The normalized spacial score (nSPS) is 19.6. The molecule has 2 aromatic carbocycles. The van der Waals surface area contributed by atoms with E-state index in [4.69, 9.17) is 5.73 Å². The van der Waals surface area contributed by atoms with E-state index in [1.165, 1.54) is 53.6 Å². The van der Waals surface area contributed by atoms with E-state index in [1.54, 1.807) is 0 Å². The molecule has 2 fully saturated rings. The summed E-state index contributed by atoms with van der Waals surface area (Å²) in [5, 5.41) is 1.10. The van der Waals surface area contributed by atoms with Crippen LogP contribution in [0.4, 0.5) is 0 Å². The van der Waals surface area contributed by atoms with Crippen molar-refractivity contribution < 1.29 is 4.79 Å². The van der Waals surface area contributed by atoms with Crippen molar-refractivity contribution in [1.82, 2.24) is 14.4 Å². The summed E-state index contributed by atoms with van der Waals surface area (Å²) in [6.07, 6.45) is 13.4. The molecule has 5 rings (SSSR count). The van der Waals surface area contributed by atoms with Crippen LogP contribution in [0.1, 0.15) is 84.0 Å². The maximum Gasteiger partial charge on any atom is 0.256 e. The molecule has 0 spiro atoms. The van der Waals surface area contributed by atoms with E-state index >= 15 is 0 Å². The zero-order chi connectivity index (χ0) is 26.6. The average molecular weight is 513 g/mol. The van der Waals surface area contributed by atoms with Gasteiger partial charge in [0.05, 0.1) is 11.1 Å². The average Bonchev–Trinajstić information content (AvgIpc) is 3.32. The highest BCUT2D eigenvalue weighted by Gasteiger charge is 2.28. The number of amides is 1. The summed E-state index contributed by atoms with van der Waals surface area (Å²) in [5.41, 5.74) is 13.1. The van der Waals surface area contributed by atoms with Gasteiger partial charge in [-0.1, -0.05) is 55.0 Å². The molecule has 202 valence electrons. The number of aromatic nitrogens is 1. The molecule has 0 bridgehead atoms. The molecule has 3 heterocycles. The number of benzene rings is 2. The second-order valence-corrected chi connectivity index (χ2v) is 11.4. The summed E-state index contributed by atoms with van der Waals surface area (Å²) in [6.45, 7) is 8.52. The van der Waals surface area contributed by atoms with Gasteiger partial charge in [-0.05, 0) is 87.7 Å². The number of piperidine rings is 2. The lowest BCUT2D eigenvalue weighted by molar-refractivity contribution is 0.0714. The van der Waals surface area contributed by atoms with Gasteiger partial charge in [-0.3, -0.25) is 4.79 Å². The molecule has 38 heavy (non-hydrogen) atoms. The van der Waals surface area contributed by atoms with Crippen LogP contribution in [0.5, 0.6) is 0 Å². The highest BCUT2D eigenvalue weighted by molar-refractivity contribution is 6.07. The molecule has 2 N–H and O–H groups in total. The summed E-state index contributed by atoms with van der Waals surface area (Å²) in [7, 11) is 2.26. The Labute approximate surface area is 228 Å². The Morgan fingerprint density at radius 2 is 1.89 bits per heavy atom. The van der Waals surface area contributed by atoms with Crippen molar-refractivity contribution in [3.63, 3.8) is 0 Å². The Morgan fingerprint density at radius 1 is 1.08 bits per heavy atom. The van der Waals surface area contributed by atoms with Crippen LogP contribution < -0.4 is 5.73 Å². The predicted octanol–water partition coefficient (Wildman–Crippen LogP) is 6.34. The quantitative estimate of drug-likeness (QED) is 0.402. The Kier molecular flexibility index (Phi) is 8.35. The molecule has 0 saturated carbocycles. The zero-order valence-electron chi connectivity index (χ0n) is 23.5. The number of hydrogen-bond acceptors (Lipinski definition) is 3. The minimum absolute atomic E-state index is 0.178. The number of rotatable bonds is 7. The highest BCUT2D eigenvalue weighted by Crippen LogP contribution is 2.34. The summed E-state index contributed by atoms with van der Waals surface area (Å²) in [4.78, 5) is 18.5. The molecule has 1 atom stereocenters. The van der Waals surface area contributed by atoms with E-state index in [-0.39, 0.29) is 5.91 Å². The van der Waals surface area contributed by atoms with Crippen LogP contribution in [0, 0.1) is 6.92 Å². The first-order chi connectivity index (χ1) is 18.5.